The van der Waals surface area contributed by atoms with Crippen LogP contribution in [-0.4, -0.2) is 15.1 Å². The predicted octanol–water partition coefficient (Wildman–Crippen LogP) is 2.46. The summed E-state index contributed by atoms with van der Waals surface area (Å²) in [6.45, 7) is 7.29. The van der Waals surface area contributed by atoms with Gasteiger partial charge >= 0.3 is 0 Å². The molecule has 0 aliphatic heterocycles. The normalized spacial score (nSPS) is 12.2. The predicted molar refractivity (Wildman–Crippen MR) is 67.3 cm³/mol. The Hall–Kier alpha value is -1.35. The van der Waals surface area contributed by atoms with Crippen LogP contribution >= 0.6 is 0 Å². The highest BCUT2D eigenvalue weighted by molar-refractivity contribution is 5.75. The molecule has 16 heavy (non-hydrogen) atoms. The van der Waals surface area contributed by atoms with E-state index in [0.29, 0.717) is 0 Å². The maximum Gasteiger partial charge on any atom is 0.123 e. The summed E-state index contributed by atoms with van der Waals surface area (Å²) in [5, 5.41) is 3.46. The van der Waals surface area contributed by atoms with Gasteiger partial charge in [-0.2, -0.15) is 0 Å². The lowest BCUT2D eigenvalue weighted by molar-refractivity contribution is 0.415. The molecular weight excluding hydrogens is 198 g/mol. The van der Waals surface area contributed by atoms with Crippen molar-refractivity contribution in [1.82, 2.24) is 14.9 Å². The molecule has 2 aromatic rings. The highest BCUT2D eigenvalue weighted by atomic mass is 15.1. The zero-order valence-electron chi connectivity index (χ0n) is 10.4. The van der Waals surface area contributed by atoms with Crippen molar-refractivity contribution >= 4 is 11.0 Å². The fourth-order valence-corrected chi connectivity index (χ4v) is 1.70. The first kappa shape index (κ1) is 11.1. The first-order chi connectivity index (χ1) is 7.47. The smallest absolute Gasteiger partial charge is 0.123 e. The minimum Gasteiger partial charge on any atom is -0.330 e. The molecule has 1 aromatic carbocycles. The molecule has 0 spiro atoms. The number of hydrogen-bond acceptors (Lipinski definition) is 2. The summed E-state index contributed by atoms with van der Waals surface area (Å²) in [6.07, 6.45) is 0. The van der Waals surface area contributed by atoms with Gasteiger partial charge in [0.05, 0.1) is 17.6 Å². The van der Waals surface area contributed by atoms with E-state index in [0.717, 1.165) is 17.9 Å². The van der Waals surface area contributed by atoms with Crippen LogP contribution < -0.4 is 5.32 Å². The second-order valence-electron chi connectivity index (χ2n) is 5.18. The van der Waals surface area contributed by atoms with Crippen LogP contribution in [0.15, 0.2) is 24.3 Å². The number of imidazole rings is 1. The van der Waals surface area contributed by atoms with Crippen molar-refractivity contribution in [3.05, 3.63) is 30.1 Å². The third-order valence-corrected chi connectivity index (χ3v) is 2.66. The fraction of sp³-hybridized carbons (Fsp3) is 0.462. The minimum atomic E-state index is 0.123. The van der Waals surface area contributed by atoms with Gasteiger partial charge < -0.3 is 9.88 Å². The molecule has 0 radical (unpaired) electrons. The van der Waals surface area contributed by atoms with Gasteiger partial charge in [0.25, 0.3) is 0 Å². The summed E-state index contributed by atoms with van der Waals surface area (Å²) in [5.41, 5.74) is 2.38. The van der Waals surface area contributed by atoms with E-state index in [2.05, 4.69) is 54.8 Å². The Morgan fingerprint density at radius 3 is 2.56 bits per heavy atom. The van der Waals surface area contributed by atoms with Gasteiger partial charge in [0.1, 0.15) is 5.82 Å². The third-order valence-electron chi connectivity index (χ3n) is 2.66. The maximum atomic E-state index is 4.62. The van der Waals surface area contributed by atoms with E-state index in [1.807, 2.05) is 12.1 Å². The lowest BCUT2D eigenvalue weighted by atomic mass is 10.1. The number of nitrogens with one attached hydrogen (secondary N) is 1. The molecular formula is C13H19N3. The number of aromatic nitrogens is 2. The van der Waals surface area contributed by atoms with Crippen LogP contribution in [0, 0.1) is 0 Å². The van der Waals surface area contributed by atoms with Gasteiger partial charge in [-0.1, -0.05) is 12.1 Å². The van der Waals surface area contributed by atoms with E-state index < -0.39 is 0 Å². The molecule has 0 bridgehead atoms. The van der Waals surface area contributed by atoms with Crippen molar-refractivity contribution in [3.8, 4) is 0 Å². The van der Waals surface area contributed by atoms with Gasteiger partial charge in [-0.25, -0.2) is 4.98 Å². The SMILES string of the molecule is Cn1c(CNC(C)(C)C)nc2ccccc21. The third kappa shape index (κ3) is 2.25. The summed E-state index contributed by atoms with van der Waals surface area (Å²) in [5.74, 6) is 1.08. The first-order valence-electron chi connectivity index (χ1n) is 5.63. The summed E-state index contributed by atoms with van der Waals surface area (Å²) in [6, 6.07) is 8.22. The topological polar surface area (TPSA) is 29.9 Å². The Labute approximate surface area is 96.5 Å². The monoisotopic (exact) mass is 217 g/mol. The minimum absolute atomic E-state index is 0.123. The number of hydrogen-bond donors (Lipinski definition) is 1. The number of para-hydroxylation sites is 2. The molecule has 0 unspecified atom stereocenters. The van der Waals surface area contributed by atoms with Crippen molar-refractivity contribution in [1.29, 1.82) is 0 Å². The molecule has 1 aromatic heterocycles. The van der Waals surface area contributed by atoms with Gasteiger partial charge in [-0.15, -0.1) is 0 Å². The van der Waals surface area contributed by atoms with Gasteiger partial charge in [-0.3, -0.25) is 0 Å². The largest absolute Gasteiger partial charge is 0.330 e. The van der Waals surface area contributed by atoms with E-state index in [9.17, 15) is 0 Å². The average molecular weight is 217 g/mol. The van der Waals surface area contributed by atoms with Crippen LogP contribution in [0.2, 0.25) is 0 Å². The molecule has 2 rings (SSSR count). The maximum absolute atomic E-state index is 4.62. The summed E-state index contributed by atoms with van der Waals surface area (Å²) < 4.78 is 2.15. The Bertz CT molecular complexity index is 491. The van der Waals surface area contributed by atoms with Crippen molar-refractivity contribution in [3.63, 3.8) is 0 Å². The molecule has 0 saturated carbocycles. The van der Waals surface area contributed by atoms with Crippen LogP contribution in [0.1, 0.15) is 26.6 Å². The lowest BCUT2D eigenvalue weighted by Crippen LogP contribution is -2.35. The molecule has 0 aliphatic rings. The highest BCUT2D eigenvalue weighted by Crippen LogP contribution is 2.14. The van der Waals surface area contributed by atoms with Crippen molar-refractivity contribution < 1.29 is 0 Å². The molecule has 86 valence electrons. The quantitative estimate of drug-likeness (QED) is 0.837. The van der Waals surface area contributed by atoms with Crippen LogP contribution in [0.5, 0.6) is 0 Å². The number of rotatable bonds is 2. The van der Waals surface area contributed by atoms with Crippen LogP contribution in [0.25, 0.3) is 11.0 Å². The summed E-state index contributed by atoms with van der Waals surface area (Å²) in [4.78, 5) is 4.62. The molecule has 0 fully saturated rings. The molecule has 0 saturated heterocycles. The molecule has 0 atom stereocenters. The first-order valence-corrected chi connectivity index (χ1v) is 5.63. The van der Waals surface area contributed by atoms with E-state index >= 15 is 0 Å². The zero-order chi connectivity index (χ0) is 11.8. The van der Waals surface area contributed by atoms with Gasteiger partial charge in [0.15, 0.2) is 0 Å². The van der Waals surface area contributed by atoms with Gasteiger partial charge in [0, 0.05) is 12.6 Å². The van der Waals surface area contributed by atoms with E-state index in [1.165, 1.54) is 5.52 Å². The molecule has 0 aliphatic carbocycles. The number of nitrogens with zero attached hydrogens (tertiary/aromatic N) is 2. The molecule has 0 amide bonds. The Morgan fingerprint density at radius 1 is 1.25 bits per heavy atom. The molecule has 1 heterocycles. The second-order valence-corrected chi connectivity index (χ2v) is 5.18. The number of aryl methyl sites for hydroxylation is 1. The standard InChI is InChI=1S/C13H19N3/c1-13(2,3)14-9-12-15-10-7-5-6-8-11(10)16(12)4/h5-8,14H,9H2,1-4H3. The Morgan fingerprint density at radius 2 is 1.94 bits per heavy atom. The van der Waals surface area contributed by atoms with E-state index in [-0.39, 0.29) is 5.54 Å². The summed E-state index contributed by atoms with van der Waals surface area (Å²) >= 11 is 0. The van der Waals surface area contributed by atoms with Crippen LogP contribution in [0.4, 0.5) is 0 Å². The van der Waals surface area contributed by atoms with Crippen molar-refractivity contribution in [2.24, 2.45) is 7.05 Å². The van der Waals surface area contributed by atoms with Crippen molar-refractivity contribution in [2.45, 2.75) is 32.9 Å². The molecule has 1 N–H and O–H groups in total. The van der Waals surface area contributed by atoms with Crippen LogP contribution in [0.3, 0.4) is 0 Å². The van der Waals surface area contributed by atoms with Gasteiger partial charge in [-0.05, 0) is 32.9 Å². The average Bonchev–Trinajstić information content (AvgIpc) is 2.53. The fourth-order valence-electron chi connectivity index (χ4n) is 1.70. The molecule has 3 nitrogen and oxygen atoms in total. The zero-order valence-corrected chi connectivity index (χ0v) is 10.4. The summed E-state index contributed by atoms with van der Waals surface area (Å²) in [7, 11) is 2.06. The van der Waals surface area contributed by atoms with E-state index in [4.69, 9.17) is 0 Å². The Balaban J connectivity index is 2.28. The molecule has 3 heteroatoms. The van der Waals surface area contributed by atoms with Crippen LogP contribution in [-0.2, 0) is 13.6 Å². The lowest BCUT2D eigenvalue weighted by Gasteiger charge is -2.20. The van der Waals surface area contributed by atoms with Gasteiger partial charge in [0.2, 0.25) is 0 Å². The highest BCUT2D eigenvalue weighted by Gasteiger charge is 2.12. The van der Waals surface area contributed by atoms with E-state index in [1.54, 1.807) is 0 Å². The number of benzene rings is 1. The number of fused-ring (bicyclic) bond motifs is 1. The second kappa shape index (κ2) is 3.91. The Kier molecular flexibility index (Phi) is 2.72. The van der Waals surface area contributed by atoms with Crippen molar-refractivity contribution in [2.75, 3.05) is 0 Å².